The van der Waals surface area contributed by atoms with Crippen molar-refractivity contribution in [1.82, 2.24) is 15.5 Å². The van der Waals surface area contributed by atoms with E-state index in [2.05, 4.69) is 47.7 Å². The van der Waals surface area contributed by atoms with Crippen molar-refractivity contribution < 1.29 is 4.79 Å². The van der Waals surface area contributed by atoms with Gasteiger partial charge in [-0.1, -0.05) is 24.3 Å². The number of fused-ring (bicyclic) bond motifs is 1. The predicted octanol–water partition coefficient (Wildman–Crippen LogP) is 2.15. The zero-order valence-electron chi connectivity index (χ0n) is 14.1. The molecule has 0 fully saturated rings. The van der Waals surface area contributed by atoms with Gasteiger partial charge in [-0.3, -0.25) is 4.79 Å². The van der Waals surface area contributed by atoms with Gasteiger partial charge in [-0.05, 0) is 38.3 Å². The summed E-state index contributed by atoms with van der Waals surface area (Å²) in [7, 11) is 0. The van der Waals surface area contributed by atoms with Crippen LogP contribution in [0.15, 0.2) is 29.3 Å². The number of guanidine groups is 1. The van der Waals surface area contributed by atoms with E-state index in [1.807, 2.05) is 17.9 Å². The molecular formula is C17H27IN4O. The zero-order chi connectivity index (χ0) is 15.9. The van der Waals surface area contributed by atoms with Crippen LogP contribution in [0.2, 0.25) is 0 Å². The van der Waals surface area contributed by atoms with Crippen molar-refractivity contribution in [2.75, 3.05) is 19.6 Å². The van der Waals surface area contributed by atoms with Crippen LogP contribution in [-0.4, -0.2) is 42.4 Å². The largest absolute Gasteiger partial charge is 0.357 e. The van der Waals surface area contributed by atoms with E-state index in [4.69, 9.17) is 0 Å². The summed E-state index contributed by atoms with van der Waals surface area (Å²) in [5.41, 5.74) is 2.60. The van der Waals surface area contributed by atoms with Crippen LogP contribution in [0.5, 0.6) is 0 Å². The van der Waals surface area contributed by atoms with E-state index in [1.165, 1.54) is 11.1 Å². The fourth-order valence-electron chi connectivity index (χ4n) is 2.55. The first-order valence-electron chi connectivity index (χ1n) is 7.99. The second kappa shape index (κ2) is 9.75. The van der Waals surface area contributed by atoms with Crippen LogP contribution in [0.1, 0.15) is 31.9 Å². The van der Waals surface area contributed by atoms with E-state index in [0.717, 1.165) is 19.5 Å². The van der Waals surface area contributed by atoms with Gasteiger partial charge in [-0.25, -0.2) is 4.99 Å². The number of nitrogens with zero attached hydrogens (tertiary/aromatic N) is 2. The Kier molecular flexibility index (Phi) is 8.36. The number of halogens is 1. The maximum Gasteiger partial charge on any atom is 0.244 e. The molecule has 1 aliphatic rings. The average molecular weight is 430 g/mol. The average Bonchev–Trinajstić information content (AvgIpc) is 2.51. The molecule has 0 spiro atoms. The van der Waals surface area contributed by atoms with Gasteiger partial charge in [0, 0.05) is 25.7 Å². The molecule has 0 unspecified atom stereocenters. The maximum absolute atomic E-state index is 12.4. The van der Waals surface area contributed by atoms with Crippen molar-refractivity contribution in [2.24, 2.45) is 4.99 Å². The minimum Gasteiger partial charge on any atom is -0.357 e. The monoisotopic (exact) mass is 430 g/mol. The number of hydrogen-bond acceptors (Lipinski definition) is 2. The van der Waals surface area contributed by atoms with Gasteiger partial charge < -0.3 is 15.5 Å². The summed E-state index contributed by atoms with van der Waals surface area (Å²) < 4.78 is 0. The number of nitrogens with one attached hydrogen (secondary N) is 2. The summed E-state index contributed by atoms with van der Waals surface area (Å²) in [5.74, 6) is 0.777. The van der Waals surface area contributed by atoms with Crippen LogP contribution in [0.3, 0.4) is 0 Å². The Morgan fingerprint density at radius 1 is 1.30 bits per heavy atom. The molecule has 2 N–H and O–H groups in total. The zero-order valence-corrected chi connectivity index (χ0v) is 16.5. The first kappa shape index (κ1) is 19.7. The molecule has 1 aromatic carbocycles. The summed E-state index contributed by atoms with van der Waals surface area (Å²) in [6.07, 6.45) is 0.927. The highest BCUT2D eigenvalue weighted by atomic mass is 127. The first-order valence-corrected chi connectivity index (χ1v) is 7.99. The second-order valence-corrected chi connectivity index (χ2v) is 5.83. The Labute approximate surface area is 156 Å². The van der Waals surface area contributed by atoms with E-state index >= 15 is 0 Å². The minimum atomic E-state index is 0. The molecule has 0 radical (unpaired) electrons. The lowest BCUT2D eigenvalue weighted by Gasteiger charge is -2.28. The van der Waals surface area contributed by atoms with Crippen LogP contribution in [0.4, 0.5) is 0 Å². The SMILES string of the molecule is CCNC(=NCC(=O)N1CCc2ccccc2C1)NC(C)C.I. The highest BCUT2D eigenvalue weighted by molar-refractivity contribution is 14.0. The highest BCUT2D eigenvalue weighted by Gasteiger charge is 2.19. The van der Waals surface area contributed by atoms with Gasteiger partial charge in [0.25, 0.3) is 0 Å². The summed E-state index contributed by atoms with van der Waals surface area (Å²) in [6.45, 7) is 8.56. The van der Waals surface area contributed by atoms with E-state index in [0.29, 0.717) is 12.5 Å². The Bertz CT molecular complexity index is 545. The third-order valence-corrected chi connectivity index (χ3v) is 3.63. The maximum atomic E-state index is 12.4. The summed E-state index contributed by atoms with van der Waals surface area (Å²) >= 11 is 0. The van der Waals surface area contributed by atoms with E-state index in [9.17, 15) is 4.79 Å². The molecule has 0 aromatic heterocycles. The molecule has 23 heavy (non-hydrogen) atoms. The van der Waals surface area contributed by atoms with Gasteiger partial charge in [-0.2, -0.15) is 0 Å². The number of hydrogen-bond donors (Lipinski definition) is 2. The van der Waals surface area contributed by atoms with Crippen molar-refractivity contribution in [3.8, 4) is 0 Å². The normalized spacial score (nSPS) is 14.1. The van der Waals surface area contributed by atoms with Crippen molar-refractivity contribution in [3.63, 3.8) is 0 Å². The molecule has 0 bridgehead atoms. The number of amides is 1. The first-order chi connectivity index (χ1) is 10.6. The van der Waals surface area contributed by atoms with Gasteiger partial charge in [0.15, 0.2) is 5.96 Å². The standard InChI is InChI=1S/C17H26N4O.HI/c1-4-18-17(20-13(2)3)19-11-16(22)21-10-9-14-7-5-6-8-15(14)12-21;/h5-8,13H,4,9-12H2,1-3H3,(H2,18,19,20);1H. The fraction of sp³-hybridized carbons (Fsp3) is 0.529. The molecule has 2 rings (SSSR count). The van der Waals surface area contributed by atoms with Crippen LogP contribution >= 0.6 is 24.0 Å². The topological polar surface area (TPSA) is 56.7 Å². The quantitative estimate of drug-likeness (QED) is 0.438. The van der Waals surface area contributed by atoms with Crippen LogP contribution < -0.4 is 10.6 Å². The molecule has 0 atom stereocenters. The number of carbonyl (C=O) groups excluding carboxylic acids is 1. The number of aliphatic imine (C=N–C) groups is 1. The van der Waals surface area contributed by atoms with Gasteiger partial charge in [0.2, 0.25) is 5.91 Å². The van der Waals surface area contributed by atoms with Gasteiger partial charge in [-0.15, -0.1) is 24.0 Å². The molecule has 1 aromatic rings. The smallest absolute Gasteiger partial charge is 0.244 e. The van der Waals surface area contributed by atoms with Crippen molar-refractivity contribution in [3.05, 3.63) is 35.4 Å². The molecule has 0 aliphatic carbocycles. The van der Waals surface area contributed by atoms with E-state index in [-0.39, 0.29) is 42.5 Å². The Balaban J connectivity index is 0.00000264. The molecule has 0 saturated heterocycles. The number of benzene rings is 1. The molecule has 1 amide bonds. The van der Waals surface area contributed by atoms with Gasteiger partial charge >= 0.3 is 0 Å². The minimum absolute atomic E-state index is 0. The molecule has 128 valence electrons. The Morgan fingerprint density at radius 2 is 2.00 bits per heavy atom. The molecule has 6 heteroatoms. The van der Waals surface area contributed by atoms with Crippen LogP contribution in [-0.2, 0) is 17.8 Å². The Hall–Kier alpha value is -1.31. The van der Waals surface area contributed by atoms with Gasteiger partial charge in [0.1, 0.15) is 6.54 Å². The second-order valence-electron chi connectivity index (χ2n) is 5.83. The highest BCUT2D eigenvalue weighted by Crippen LogP contribution is 2.18. The van der Waals surface area contributed by atoms with Crippen molar-refractivity contribution in [2.45, 2.75) is 39.8 Å². The van der Waals surface area contributed by atoms with Crippen LogP contribution in [0.25, 0.3) is 0 Å². The molecule has 1 heterocycles. The van der Waals surface area contributed by atoms with Crippen LogP contribution in [0, 0.1) is 0 Å². The fourth-order valence-corrected chi connectivity index (χ4v) is 2.55. The number of carbonyl (C=O) groups is 1. The summed E-state index contributed by atoms with van der Waals surface area (Å²) in [6, 6.07) is 8.62. The third-order valence-electron chi connectivity index (χ3n) is 3.63. The third kappa shape index (κ3) is 6.01. The van der Waals surface area contributed by atoms with Crippen molar-refractivity contribution >= 4 is 35.8 Å². The summed E-state index contributed by atoms with van der Waals surface area (Å²) in [4.78, 5) is 18.6. The Morgan fingerprint density at radius 3 is 2.65 bits per heavy atom. The molecule has 5 nitrogen and oxygen atoms in total. The lowest BCUT2D eigenvalue weighted by Crippen LogP contribution is -2.42. The molecule has 1 aliphatic heterocycles. The number of rotatable bonds is 4. The molecular weight excluding hydrogens is 403 g/mol. The molecule has 0 saturated carbocycles. The van der Waals surface area contributed by atoms with E-state index in [1.54, 1.807) is 0 Å². The lowest BCUT2D eigenvalue weighted by atomic mass is 10.00. The van der Waals surface area contributed by atoms with Crippen molar-refractivity contribution in [1.29, 1.82) is 0 Å². The summed E-state index contributed by atoms with van der Waals surface area (Å²) in [5, 5.41) is 6.38. The van der Waals surface area contributed by atoms with E-state index < -0.39 is 0 Å². The lowest BCUT2D eigenvalue weighted by molar-refractivity contribution is -0.130. The predicted molar refractivity (Wildman–Crippen MR) is 105 cm³/mol. The van der Waals surface area contributed by atoms with Gasteiger partial charge in [0.05, 0.1) is 0 Å².